The third-order valence-corrected chi connectivity index (χ3v) is 5.71. The number of amides is 1. The first kappa shape index (κ1) is 22.4. The van der Waals surface area contributed by atoms with Gasteiger partial charge < -0.3 is 23.4 Å². The standard InChI is InChI=1S/C25H26N2O6/c1-31-25(30)23-19-11-12-26(24(29)20-10-6-16-32-20)13-14-27(19)22(28)17-21(23)33-15-5-9-18-7-3-2-4-8-18/h2-4,6-8,10,16-17H,5,9,11-15H2,1H3. The number of benzene rings is 1. The average molecular weight is 450 g/mol. The molecule has 0 radical (unpaired) electrons. The minimum atomic E-state index is -0.567. The maximum atomic E-state index is 12.9. The lowest BCUT2D eigenvalue weighted by molar-refractivity contribution is 0.0593. The van der Waals surface area contributed by atoms with E-state index in [-0.39, 0.29) is 35.1 Å². The molecule has 8 heteroatoms. The van der Waals surface area contributed by atoms with Crippen LogP contribution in [0.25, 0.3) is 0 Å². The second kappa shape index (κ2) is 10.2. The summed E-state index contributed by atoms with van der Waals surface area (Å²) in [6.45, 7) is 1.27. The van der Waals surface area contributed by atoms with Gasteiger partial charge in [0.15, 0.2) is 5.76 Å². The van der Waals surface area contributed by atoms with Crippen LogP contribution in [-0.4, -0.2) is 48.1 Å². The van der Waals surface area contributed by atoms with E-state index in [9.17, 15) is 14.4 Å². The molecule has 1 aliphatic heterocycles. The van der Waals surface area contributed by atoms with Crippen molar-refractivity contribution in [3.8, 4) is 5.75 Å². The third kappa shape index (κ3) is 5.00. The molecule has 0 saturated carbocycles. The van der Waals surface area contributed by atoms with E-state index in [0.29, 0.717) is 31.8 Å². The van der Waals surface area contributed by atoms with E-state index in [0.717, 1.165) is 12.8 Å². The Balaban J connectivity index is 1.54. The summed E-state index contributed by atoms with van der Waals surface area (Å²) in [5.41, 5.74) is 1.67. The number of furan rings is 1. The van der Waals surface area contributed by atoms with E-state index in [4.69, 9.17) is 13.9 Å². The number of hydrogen-bond donors (Lipinski definition) is 0. The Morgan fingerprint density at radius 2 is 1.88 bits per heavy atom. The molecule has 0 atom stereocenters. The minimum absolute atomic E-state index is 0.219. The fourth-order valence-corrected chi connectivity index (χ4v) is 4.05. The van der Waals surface area contributed by atoms with Gasteiger partial charge in [0, 0.05) is 37.8 Å². The predicted molar refractivity (Wildman–Crippen MR) is 121 cm³/mol. The summed E-state index contributed by atoms with van der Waals surface area (Å²) < 4.78 is 17.6. The Labute approximate surface area is 191 Å². The molecule has 2 aromatic heterocycles. The van der Waals surface area contributed by atoms with Crippen LogP contribution in [0.2, 0.25) is 0 Å². The zero-order chi connectivity index (χ0) is 23.2. The molecular formula is C25H26N2O6. The molecule has 0 bridgehead atoms. The number of carbonyl (C=O) groups is 2. The smallest absolute Gasteiger partial charge is 0.343 e. The highest BCUT2D eigenvalue weighted by Gasteiger charge is 2.28. The molecule has 3 heterocycles. The van der Waals surface area contributed by atoms with Crippen molar-refractivity contribution in [3.05, 3.63) is 87.7 Å². The molecule has 1 amide bonds. The van der Waals surface area contributed by atoms with Gasteiger partial charge in [-0.05, 0) is 30.5 Å². The molecule has 0 unspecified atom stereocenters. The number of rotatable bonds is 7. The van der Waals surface area contributed by atoms with Gasteiger partial charge in [0.25, 0.3) is 11.5 Å². The molecule has 172 valence electrons. The number of methoxy groups -OCH3 is 1. The molecule has 0 fully saturated rings. The van der Waals surface area contributed by atoms with Crippen LogP contribution in [-0.2, 0) is 24.1 Å². The zero-order valence-corrected chi connectivity index (χ0v) is 18.5. The molecule has 0 spiro atoms. The number of fused-ring (bicyclic) bond motifs is 1. The molecule has 0 aliphatic carbocycles. The Morgan fingerprint density at radius 1 is 1.06 bits per heavy atom. The molecule has 1 aliphatic rings. The lowest BCUT2D eigenvalue weighted by Crippen LogP contribution is -2.34. The van der Waals surface area contributed by atoms with Crippen LogP contribution in [0.1, 0.15) is 38.6 Å². The highest BCUT2D eigenvalue weighted by molar-refractivity contribution is 5.94. The van der Waals surface area contributed by atoms with E-state index < -0.39 is 5.97 Å². The molecule has 0 N–H and O–H groups in total. The van der Waals surface area contributed by atoms with E-state index >= 15 is 0 Å². The van der Waals surface area contributed by atoms with Gasteiger partial charge in [0.2, 0.25) is 0 Å². The van der Waals surface area contributed by atoms with Crippen LogP contribution in [0.15, 0.2) is 64.0 Å². The van der Waals surface area contributed by atoms with Crippen molar-refractivity contribution in [3.63, 3.8) is 0 Å². The van der Waals surface area contributed by atoms with Crippen molar-refractivity contribution < 1.29 is 23.5 Å². The number of esters is 1. The highest BCUT2D eigenvalue weighted by atomic mass is 16.5. The third-order valence-electron chi connectivity index (χ3n) is 5.71. The van der Waals surface area contributed by atoms with Crippen LogP contribution in [0.4, 0.5) is 0 Å². The van der Waals surface area contributed by atoms with E-state index in [1.807, 2.05) is 30.3 Å². The second-order valence-corrected chi connectivity index (χ2v) is 7.77. The average Bonchev–Trinajstić information content (AvgIpc) is 3.28. The quantitative estimate of drug-likeness (QED) is 0.406. The van der Waals surface area contributed by atoms with Crippen LogP contribution >= 0.6 is 0 Å². The number of carbonyl (C=O) groups excluding carboxylic acids is 2. The van der Waals surface area contributed by atoms with Gasteiger partial charge in [-0.25, -0.2) is 4.79 Å². The van der Waals surface area contributed by atoms with Crippen LogP contribution in [0.5, 0.6) is 5.75 Å². The van der Waals surface area contributed by atoms with Gasteiger partial charge >= 0.3 is 5.97 Å². The summed E-state index contributed by atoms with van der Waals surface area (Å²) >= 11 is 0. The van der Waals surface area contributed by atoms with E-state index in [1.54, 1.807) is 17.0 Å². The molecule has 33 heavy (non-hydrogen) atoms. The lowest BCUT2D eigenvalue weighted by atomic mass is 10.1. The fraction of sp³-hybridized carbons (Fsp3) is 0.320. The van der Waals surface area contributed by atoms with Gasteiger partial charge in [0.05, 0.1) is 20.0 Å². The first-order valence-corrected chi connectivity index (χ1v) is 10.9. The zero-order valence-electron chi connectivity index (χ0n) is 18.5. The number of aromatic nitrogens is 1. The van der Waals surface area contributed by atoms with Crippen molar-refractivity contribution in [1.29, 1.82) is 0 Å². The minimum Gasteiger partial charge on any atom is -0.492 e. The number of ether oxygens (including phenoxy) is 2. The monoisotopic (exact) mass is 450 g/mol. The number of pyridine rings is 1. The SMILES string of the molecule is COC(=O)c1c(OCCCc2ccccc2)cc(=O)n2c1CCN(C(=O)c1ccco1)CC2. The van der Waals surface area contributed by atoms with Crippen molar-refractivity contribution >= 4 is 11.9 Å². The van der Waals surface area contributed by atoms with E-state index in [2.05, 4.69) is 0 Å². The predicted octanol–water partition coefficient (Wildman–Crippen LogP) is 2.94. The topological polar surface area (TPSA) is 91.0 Å². The molecule has 4 rings (SSSR count). The van der Waals surface area contributed by atoms with Gasteiger partial charge in [0.1, 0.15) is 11.3 Å². The van der Waals surface area contributed by atoms with Crippen molar-refractivity contribution in [2.75, 3.05) is 26.8 Å². The summed E-state index contributed by atoms with van der Waals surface area (Å²) in [5.74, 6) is -0.360. The highest BCUT2D eigenvalue weighted by Crippen LogP contribution is 2.25. The van der Waals surface area contributed by atoms with Gasteiger partial charge in [-0.1, -0.05) is 30.3 Å². The summed E-state index contributed by atoms with van der Waals surface area (Å²) in [7, 11) is 1.30. The first-order chi connectivity index (χ1) is 16.1. The normalized spacial score (nSPS) is 13.2. The number of hydrogen-bond acceptors (Lipinski definition) is 6. The Morgan fingerprint density at radius 3 is 2.61 bits per heavy atom. The van der Waals surface area contributed by atoms with Crippen LogP contribution in [0.3, 0.4) is 0 Å². The Kier molecular flexibility index (Phi) is 6.92. The number of nitrogens with zero attached hydrogens (tertiary/aromatic N) is 2. The Bertz CT molecular complexity index is 1170. The van der Waals surface area contributed by atoms with Crippen LogP contribution in [0, 0.1) is 0 Å². The van der Waals surface area contributed by atoms with Crippen molar-refractivity contribution in [2.45, 2.75) is 25.8 Å². The second-order valence-electron chi connectivity index (χ2n) is 7.77. The lowest BCUT2D eigenvalue weighted by Gasteiger charge is -2.18. The molecular weight excluding hydrogens is 424 g/mol. The van der Waals surface area contributed by atoms with E-state index in [1.165, 1.54) is 29.6 Å². The van der Waals surface area contributed by atoms with Gasteiger partial charge in [-0.3, -0.25) is 9.59 Å². The van der Waals surface area contributed by atoms with Crippen LogP contribution < -0.4 is 10.3 Å². The van der Waals surface area contributed by atoms with Gasteiger partial charge in [-0.15, -0.1) is 0 Å². The summed E-state index contributed by atoms with van der Waals surface area (Å²) in [4.78, 5) is 39.9. The molecule has 3 aromatic rings. The van der Waals surface area contributed by atoms with Gasteiger partial charge in [-0.2, -0.15) is 0 Å². The molecule has 8 nitrogen and oxygen atoms in total. The first-order valence-electron chi connectivity index (χ1n) is 10.9. The fourth-order valence-electron chi connectivity index (χ4n) is 4.05. The number of aryl methyl sites for hydroxylation is 1. The van der Waals surface area contributed by atoms with Crippen molar-refractivity contribution in [1.82, 2.24) is 9.47 Å². The molecule has 0 saturated heterocycles. The maximum Gasteiger partial charge on any atom is 0.343 e. The summed E-state index contributed by atoms with van der Waals surface area (Å²) in [5, 5.41) is 0. The largest absolute Gasteiger partial charge is 0.492 e. The molecule has 1 aromatic carbocycles. The summed E-state index contributed by atoms with van der Waals surface area (Å²) in [6.07, 6.45) is 3.31. The van der Waals surface area contributed by atoms with Crippen molar-refractivity contribution in [2.24, 2.45) is 0 Å². The Hall–Kier alpha value is -3.81. The summed E-state index contributed by atoms with van der Waals surface area (Å²) in [6, 6.07) is 14.6. The maximum absolute atomic E-state index is 12.9.